The second-order valence-electron chi connectivity index (χ2n) is 5.25. The maximum atomic E-state index is 13.0. The van der Waals surface area contributed by atoms with Crippen molar-refractivity contribution in [1.82, 2.24) is 5.32 Å². The number of carbonyl (C=O) groups is 1. The van der Waals surface area contributed by atoms with Crippen LogP contribution in [0, 0.1) is 17.0 Å². The van der Waals surface area contributed by atoms with E-state index in [0.29, 0.717) is 36.8 Å². The third kappa shape index (κ3) is 4.18. The standard InChI is InChI=1S/C14H17F2NO2S/c1-14(8-19-9-14)7-17-13(18)4-5-20-10-2-3-11(15)12(16)6-10/h2-3,6H,4-5,7-9H2,1H3,(H,17,18). The zero-order chi connectivity index (χ0) is 14.6. The van der Waals surface area contributed by atoms with Gasteiger partial charge in [-0.3, -0.25) is 4.79 Å². The van der Waals surface area contributed by atoms with Gasteiger partial charge in [-0.05, 0) is 18.2 Å². The Hall–Kier alpha value is -1.14. The van der Waals surface area contributed by atoms with E-state index < -0.39 is 11.6 Å². The van der Waals surface area contributed by atoms with E-state index in [0.717, 1.165) is 12.1 Å². The highest BCUT2D eigenvalue weighted by Gasteiger charge is 2.33. The first kappa shape index (κ1) is 15.3. The quantitative estimate of drug-likeness (QED) is 0.821. The summed E-state index contributed by atoms with van der Waals surface area (Å²) >= 11 is 1.33. The smallest absolute Gasteiger partial charge is 0.220 e. The maximum Gasteiger partial charge on any atom is 0.220 e. The van der Waals surface area contributed by atoms with E-state index in [1.54, 1.807) is 0 Å². The lowest BCUT2D eigenvalue weighted by Gasteiger charge is -2.38. The average molecular weight is 301 g/mol. The number of carbonyl (C=O) groups excluding carboxylic acids is 1. The molecule has 1 amide bonds. The summed E-state index contributed by atoms with van der Waals surface area (Å²) in [5, 5.41) is 2.87. The number of nitrogens with one attached hydrogen (secondary N) is 1. The molecule has 0 aliphatic carbocycles. The highest BCUT2D eigenvalue weighted by molar-refractivity contribution is 7.99. The van der Waals surface area contributed by atoms with Crippen molar-refractivity contribution in [2.45, 2.75) is 18.2 Å². The number of hydrogen-bond donors (Lipinski definition) is 1. The number of benzene rings is 1. The molecule has 0 radical (unpaired) electrons. The van der Waals surface area contributed by atoms with Crippen molar-refractivity contribution in [3.05, 3.63) is 29.8 Å². The molecule has 6 heteroatoms. The Bertz CT molecular complexity index is 492. The van der Waals surface area contributed by atoms with E-state index in [1.165, 1.54) is 17.8 Å². The normalized spacial score (nSPS) is 16.6. The van der Waals surface area contributed by atoms with E-state index in [9.17, 15) is 13.6 Å². The lowest BCUT2D eigenvalue weighted by atomic mass is 9.89. The zero-order valence-electron chi connectivity index (χ0n) is 11.2. The summed E-state index contributed by atoms with van der Waals surface area (Å²) in [6.45, 7) is 4.03. The van der Waals surface area contributed by atoms with Crippen LogP contribution in [0.4, 0.5) is 8.78 Å². The van der Waals surface area contributed by atoms with Crippen LogP contribution in [0.5, 0.6) is 0 Å². The third-order valence-corrected chi connectivity index (χ3v) is 4.10. The molecule has 1 saturated heterocycles. The van der Waals surface area contributed by atoms with Crippen molar-refractivity contribution in [3.8, 4) is 0 Å². The lowest BCUT2D eigenvalue weighted by Crippen LogP contribution is -2.48. The van der Waals surface area contributed by atoms with Gasteiger partial charge in [0.1, 0.15) is 0 Å². The van der Waals surface area contributed by atoms with Crippen molar-refractivity contribution < 1.29 is 18.3 Å². The van der Waals surface area contributed by atoms with Crippen LogP contribution < -0.4 is 5.32 Å². The summed E-state index contributed by atoms with van der Waals surface area (Å²) in [5.74, 6) is -1.22. The molecule has 1 N–H and O–H groups in total. The summed E-state index contributed by atoms with van der Waals surface area (Å²) in [7, 11) is 0. The first-order chi connectivity index (χ1) is 9.48. The molecule has 110 valence electrons. The second kappa shape index (κ2) is 6.54. The van der Waals surface area contributed by atoms with E-state index in [1.807, 2.05) is 0 Å². The van der Waals surface area contributed by atoms with Crippen LogP contribution in [0.3, 0.4) is 0 Å². The van der Waals surface area contributed by atoms with Crippen LogP contribution in [0.25, 0.3) is 0 Å². The third-order valence-electron chi connectivity index (χ3n) is 3.10. The van der Waals surface area contributed by atoms with Gasteiger partial charge in [0.2, 0.25) is 5.91 Å². The summed E-state index contributed by atoms with van der Waals surface area (Å²) in [4.78, 5) is 12.3. The molecular weight excluding hydrogens is 284 g/mol. The lowest BCUT2D eigenvalue weighted by molar-refractivity contribution is -0.126. The Kier molecular flexibility index (Phi) is 4.99. The number of ether oxygens (including phenoxy) is 1. The van der Waals surface area contributed by atoms with E-state index in [2.05, 4.69) is 12.2 Å². The molecule has 1 aliphatic heterocycles. The summed E-state index contributed by atoms with van der Waals surface area (Å²) in [5.41, 5.74) is 0.0584. The molecule has 1 aromatic rings. The summed E-state index contributed by atoms with van der Waals surface area (Å²) in [6.07, 6.45) is 0.348. The number of rotatable bonds is 6. The second-order valence-corrected chi connectivity index (χ2v) is 6.42. The predicted molar refractivity (Wildman–Crippen MR) is 73.6 cm³/mol. The molecule has 1 aromatic carbocycles. The first-order valence-electron chi connectivity index (χ1n) is 6.41. The minimum absolute atomic E-state index is 0.0341. The highest BCUT2D eigenvalue weighted by Crippen LogP contribution is 2.25. The van der Waals surface area contributed by atoms with Crippen molar-refractivity contribution in [3.63, 3.8) is 0 Å². The van der Waals surface area contributed by atoms with Gasteiger partial charge in [0.15, 0.2) is 11.6 Å². The molecule has 0 aromatic heterocycles. The molecule has 1 fully saturated rings. The van der Waals surface area contributed by atoms with Crippen LogP contribution >= 0.6 is 11.8 Å². The monoisotopic (exact) mass is 301 g/mol. The molecule has 0 saturated carbocycles. The maximum absolute atomic E-state index is 13.0. The number of amides is 1. The molecule has 1 heterocycles. The number of thioether (sulfide) groups is 1. The van der Waals surface area contributed by atoms with E-state index >= 15 is 0 Å². The van der Waals surface area contributed by atoms with Crippen molar-refractivity contribution in [2.75, 3.05) is 25.5 Å². The molecule has 2 rings (SSSR count). The van der Waals surface area contributed by atoms with Gasteiger partial charge in [0.25, 0.3) is 0 Å². The van der Waals surface area contributed by atoms with E-state index in [-0.39, 0.29) is 11.3 Å². The Balaban J connectivity index is 1.67. The Morgan fingerprint density at radius 2 is 2.15 bits per heavy atom. The summed E-state index contributed by atoms with van der Waals surface area (Å²) in [6, 6.07) is 3.74. The molecule has 0 spiro atoms. The fraction of sp³-hybridized carbons (Fsp3) is 0.500. The van der Waals surface area contributed by atoms with Crippen LogP contribution in [-0.4, -0.2) is 31.4 Å². The van der Waals surface area contributed by atoms with Gasteiger partial charge in [0.05, 0.1) is 13.2 Å². The highest BCUT2D eigenvalue weighted by atomic mass is 32.2. The fourth-order valence-electron chi connectivity index (χ4n) is 1.78. The molecule has 0 bridgehead atoms. The van der Waals surface area contributed by atoms with Crippen molar-refractivity contribution in [2.24, 2.45) is 5.41 Å². The predicted octanol–water partition coefficient (Wildman–Crippen LogP) is 2.60. The van der Waals surface area contributed by atoms with Gasteiger partial charge < -0.3 is 10.1 Å². The molecule has 0 atom stereocenters. The zero-order valence-corrected chi connectivity index (χ0v) is 12.1. The SMILES string of the molecule is CC1(CNC(=O)CCSc2ccc(F)c(F)c2)COC1. The first-order valence-corrected chi connectivity index (χ1v) is 7.39. The van der Waals surface area contributed by atoms with Crippen LogP contribution in [0.2, 0.25) is 0 Å². The van der Waals surface area contributed by atoms with Crippen molar-refractivity contribution in [1.29, 1.82) is 0 Å². The van der Waals surface area contributed by atoms with Crippen molar-refractivity contribution >= 4 is 17.7 Å². The Labute approximate surface area is 121 Å². The molecular formula is C14H17F2NO2S. The molecule has 1 aliphatic rings. The summed E-state index contributed by atoms with van der Waals surface area (Å²) < 4.78 is 30.8. The molecule has 3 nitrogen and oxygen atoms in total. The number of hydrogen-bond acceptors (Lipinski definition) is 3. The van der Waals surface area contributed by atoms with Crippen LogP contribution in [-0.2, 0) is 9.53 Å². The van der Waals surface area contributed by atoms with Gasteiger partial charge in [-0.2, -0.15) is 0 Å². The number of halogens is 2. The average Bonchev–Trinajstić information content (AvgIpc) is 2.38. The fourth-order valence-corrected chi connectivity index (χ4v) is 2.66. The van der Waals surface area contributed by atoms with E-state index in [4.69, 9.17) is 4.74 Å². The topological polar surface area (TPSA) is 38.3 Å². The van der Waals surface area contributed by atoms with Gasteiger partial charge in [0, 0.05) is 29.0 Å². The van der Waals surface area contributed by atoms with Gasteiger partial charge in [-0.1, -0.05) is 6.92 Å². The molecule has 0 unspecified atom stereocenters. The molecule has 20 heavy (non-hydrogen) atoms. The Morgan fingerprint density at radius 3 is 2.75 bits per heavy atom. The Morgan fingerprint density at radius 1 is 1.40 bits per heavy atom. The van der Waals surface area contributed by atoms with Crippen LogP contribution in [0.15, 0.2) is 23.1 Å². The minimum atomic E-state index is -0.864. The minimum Gasteiger partial charge on any atom is -0.380 e. The van der Waals surface area contributed by atoms with Gasteiger partial charge in [-0.25, -0.2) is 8.78 Å². The van der Waals surface area contributed by atoms with Gasteiger partial charge >= 0.3 is 0 Å². The largest absolute Gasteiger partial charge is 0.380 e. The van der Waals surface area contributed by atoms with Gasteiger partial charge in [-0.15, -0.1) is 11.8 Å². The van der Waals surface area contributed by atoms with Crippen LogP contribution in [0.1, 0.15) is 13.3 Å².